The maximum atomic E-state index is 10.6. The van der Waals surface area contributed by atoms with Crippen LogP contribution in [-0.4, -0.2) is 23.2 Å². The van der Waals surface area contributed by atoms with Crippen molar-refractivity contribution >= 4 is 34.1 Å². The average molecular weight is 379 g/mol. The van der Waals surface area contributed by atoms with E-state index >= 15 is 0 Å². The molecular weight excluding hydrogens is 356 g/mol. The molecule has 138 valence electrons. The molecule has 0 radical (unpaired) electrons. The Hall–Kier alpha value is -2.52. The van der Waals surface area contributed by atoms with E-state index in [9.17, 15) is 5.11 Å². The molecule has 4 heteroatoms. The predicted molar refractivity (Wildman–Crippen MR) is 115 cm³/mol. The average Bonchev–Trinajstić information content (AvgIpc) is 2.68. The van der Waals surface area contributed by atoms with E-state index in [0.717, 1.165) is 59.3 Å². The number of aromatic nitrogens is 1. The summed E-state index contributed by atoms with van der Waals surface area (Å²) >= 11 is 6.38. The fraction of sp³-hybridized carbons (Fsp3) is 0.261. The second-order valence-corrected chi connectivity index (χ2v) is 7.60. The highest BCUT2D eigenvalue weighted by Gasteiger charge is 2.24. The van der Waals surface area contributed by atoms with Crippen LogP contribution in [-0.2, 0) is 0 Å². The monoisotopic (exact) mass is 378 g/mol. The van der Waals surface area contributed by atoms with E-state index in [4.69, 9.17) is 16.6 Å². The Labute approximate surface area is 164 Å². The SMILES string of the molecule is C=C(O)c1c(N2CCCCC2)nc2c(C)cc(Cl)cc2c1-c1ccccc1. The third-order valence-electron chi connectivity index (χ3n) is 5.23. The Kier molecular flexibility index (Phi) is 4.79. The van der Waals surface area contributed by atoms with Gasteiger partial charge in [-0.2, -0.15) is 0 Å². The first-order valence-electron chi connectivity index (χ1n) is 9.38. The van der Waals surface area contributed by atoms with Gasteiger partial charge in [0.15, 0.2) is 0 Å². The molecule has 1 N–H and O–H groups in total. The third-order valence-corrected chi connectivity index (χ3v) is 5.45. The Morgan fingerprint density at radius 3 is 2.48 bits per heavy atom. The molecule has 0 spiro atoms. The van der Waals surface area contributed by atoms with Crippen molar-refractivity contribution in [2.75, 3.05) is 18.0 Å². The fourth-order valence-corrected chi connectivity index (χ4v) is 4.27. The van der Waals surface area contributed by atoms with Gasteiger partial charge in [-0.15, -0.1) is 0 Å². The molecule has 0 bridgehead atoms. The van der Waals surface area contributed by atoms with Gasteiger partial charge in [-0.1, -0.05) is 48.5 Å². The molecule has 1 aromatic heterocycles. The quantitative estimate of drug-likeness (QED) is 0.537. The summed E-state index contributed by atoms with van der Waals surface area (Å²) in [7, 11) is 0. The molecule has 1 aliphatic rings. The second-order valence-electron chi connectivity index (χ2n) is 7.16. The minimum atomic E-state index is 0.0430. The standard InChI is InChI=1S/C23H23ClN2O/c1-15-13-18(24)14-19-21(17-9-5-3-6-10-17)20(16(2)27)23(25-22(15)19)26-11-7-4-8-12-26/h3,5-6,9-10,13-14,27H,2,4,7-8,11-12H2,1H3. The van der Waals surface area contributed by atoms with Crippen molar-refractivity contribution in [2.24, 2.45) is 0 Å². The van der Waals surface area contributed by atoms with E-state index < -0.39 is 0 Å². The van der Waals surface area contributed by atoms with Crippen molar-refractivity contribution in [1.29, 1.82) is 0 Å². The van der Waals surface area contributed by atoms with Gasteiger partial charge in [-0.3, -0.25) is 0 Å². The minimum Gasteiger partial charge on any atom is -0.508 e. The first kappa shape index (κ1) is 17.9. The van der Waals surface area contributed by atoms with E-state index in [-0.39, 0.29) is 5.76 Å². The Morgan fingerprint density at radius 1 is 1.11 bits per heavy atom. The summed E-state index contributed by atoms with van der Waals surface area (Å²) in [5, 5.41) is 12.2. The number of benzene rings is 2. The topological polar surface area (TPSA) is 36.4 Å². The highest BCUT2D eigenvalue weighted by Crippen LogP contribution is 2.41. The van der Waals surface area contributed by atoms with Crippen LogP contribution >= 0.6 is 11.6 Å². The van der Waals surface area contributed by atoms with Gasteiger partial charge in [-0.05, 0) is 49.4 Å². The number of anilines is 1. The molecule has 0 atom stereocenters. The fourth-order valence-electron chi connectivity index (χ4n) is 4.00. The number of aliphatic hydroxyl groups is 1. The normalized spacial score (nSPS) is 14.5. The second kappa shape index (κ2) is 7.24. The molecule has 2 heterocycles. The molecule has 1 aliphatic heterocycles. The van der Waals surface area contributed by atoms with Gasteiger partial charge in [0.2, 0.25) is 0 Å². The Balaban J connectivity index is 2.12. The summed E-state index contributed by atoms with van der Waals surface area (Å²) in [6.07, 6.45) is 3.51. The van der Waals surface area contributed by atoms with Crippen molar-refractivity contribution in [2.45, 2.75) is 26.2 Å². The van der Waals surface area contributed by atoms with Gasteiger partial charge in [0.1, 0.15) is 11.6 Å². The van der Waals surface area contributed by atoms with Crippen LogP contribution in [0.3, 0.4) is 0 Å². The molecule has 0 unspecified atom stereocenters. The molecule has 2 aromatic carbocycles. The van der Waals surface area contributed by atoms with Crippen molar-refractivity contribution < 1.29 is 5.11 Å². The summed E-state index contributed by atoms with van der Waals surface area (Å²) < 4.78 is 0. The molecule has 27 heavy (non-hydrogen) atoms. The number of hydrogen-bond donors (Lipinski definition) is 1. The summed E-state index contributed by atoms with van der Waals surface area (Å²) in [4.78, 5) is 7.27. The number of pyridine rings is 1. The van der Waals surface area contributed by atoms with Gasteiger partial charge in [0.25, 0.3) is 0 Å². The first-order valence-corrected chi connectivity index (χ1v) is 9.76. The highest BCUT2D eigenvalue weighted by atomic mass is 35.5. The highest BCUT2D eigenvalue weighted by molar-refractivity contribution is 6.31. The summed E-state index contributed by atoms with van der Waals surface area (Å²) in [6.45, 7) is 7.79. The van der Waals surface area contributed by atoms with Crippen LogP contribution in [0.15, 0.2) is 49.0 Å². The van der Waals surface area contributed by atoms with Crippen LogP contribution in [0.25, 0.3) is 27.8 Å². The van der Waals surface area contributed by atoms with Crippen molar-refractivity contribution in [3.05, 3.63) is 65.2 Å². The van der Waals surface area contributed by atoms with E-state index in [0.29, 0.717) is 10.6 Å². The van der Waals surface area contributed by atoms with Gasteiger partial charge in [-0.25, -0.2) is 4.98 Å². The number of aliphatic hydroxyl groups excluding tert-OH is 1. The van der Waals surface area contributed by atoms with Crippen molar-refractivity contribution in [1.82, 2.24) is 4.98 Å². The van der Waals surface area contributed by atoms with Gasteiger partial charge < -0.3 is 10.0 Å². The molecule has 0 amide bonds. The van der Waals surface area contributed by atoms with E-state index in [2.05, 4.69) is 23.6 Å². The molecule has 3 aromatic rings. The van der Waals surface area contributed by atoms with Gasteiger partial charge >= 0.3 is 0 Å². The van der Waals surface area contributed by atoms with E-state index in [1.54, 1.807) is 0 Å². The number of fused-ring (bicyclic) bond motifs is 1. The van der Waals surface area contributed by atoms with Gasteiger partial charge in [0.05, 0.1) is 11.1 Å². The molecule has 4 rings (SSSR count). The third kappa shape index (κ3) is 3.28. The number of hydrogen-bond acceptors (Lipinski definition) is 3. The Morgan fingerprint density at radius 2 is 1.81 bits per heavy atom. The van der Waals surface area contributed by atoms with Crippen LogP contribution in [0.1, 0.15) is 30.4 Å². The number of piperidine rings is 1. The Bertz CT molecular complexity index is 1010. The largest absolute Gasteiger partial charge is 0.508 e. The van der Waals surface area contributed by atoms with Crippen LogP contribution in [0.4, 0.5) is 5.82 Å². The number of rotatable bonds is 3. The maximum absolute atomic E-state index is 10.6. The molecular formula is C23H23ClN2O. The lowest BCUT2D eigenvalue weighted by molar-refractivity contribution is 0.512. The first-order chi connectivity index (χ1) is 13.1. The van der Waals surface area contributed by atoms with Crippen LogP contribution < -0.4 is 4.90 Å². The van der Waals surface area contributed by atoms with E-state index in [1.165, 1.54) is 6.42 Å². The number of aryl methyl sites for hydroxylation is 1. The summed E-state index contributed by atoms with van der Waals surface area (Å²) in [5.74, 6) is 0.862. The van der Waals surface area contributed by atoms with Crippen LogP contribution in [0.2, 0.25) is 5.02 Å². The number of nitrogens with zero attached hydrogens (tertiary/aromatic N) is 2. The van der Waals surface area contributed by atoms with Gasteiger partial charge in [0, 0.05) is 29.1 Å². The van der Waals surface area contributed by atoms with Crippen LogP contribution in [0.5, 0.6) is 0 Å². The smallest absolute Gasteiger partial charge is 0.140 e. The lowest BCUT2D eigenvalue weighted by atomic mass is 9.93. The molecule has 0 aliphatic carbocycles. The van der Waals surface area contributed by atoms with Crippen LogP contribution in [0, 0.1) is 6.92 Å². The molecule has 0 saturated carbocycles. The lowest BCUT2D eigenvalue weighted by Gasteiger charge is -2.31. The van der Waals surface area contributed by atoms with Crippen molar-refractivity contribution in [3.8, 4) is 11.1 Å². The lowest BCUT2D eigenvalue weighted by Crippen LogP contribution is -2.31. The summed E-state index contributed by atoms with van der Waals surface area (Å²) in [5.41, 5.74) is 4.62. The minimum absolute atomic E-state index is 0.0430. The number of halogens is 1. The summed E-state index contributed by atoms with van der Waals surface area (Å²) in [6, 6.07) is 14.0. The molecule has 1 fully saturated rings. The molecule has 1 saturated heterocycles. The van der Waals surface area contributed by atoms with E-state index in [1.807, 2.05) is 37.3 Å². The zero-order valence-electron chi connectivity index (χ0n) is 15.5. The predicted octanol–water partition coefficient (Wildman–Crippen LogP) is 6.38. The molecule has 3 nitrogen and oxygen atoms in total. The zero-order valence-corrected chi connectivity index (χ0v) is 16.3. The zero-order chi connectivity index (χ0) is 19.0. The maximum Gasteiger partial charge on any atom is 0.140 e. The van der Waals surface area contributed by atoms with Crippen molar-refractivity contribution in [3.63, 3.8) is 0 Å².